The number of carbonyl (C=O) groups is 1. The van der Waals surface area contributed by atoms with Gasteiger partial charge in [0.25, 0.3) is 0 Å². The summed E-state index contributed by atoms with van der Waals surface area (Å²) in [7, 11) is 1.52. The normalized spacial score (nSPS) is 10.3. The van der Waals surface area contributed by atoms with Crippen LogP contribution in [0.4, 0.5) is 0 Å². The van der Waals surface area contributed by atoms with E-state index in [1.165, 1.54) is 13.2 Å². The summed E-state index contributed by atoms with van der Waals surface area (Å²) in [4.78, 5) is 14.9. The number of aromatic nitrogens is 1. The Balaban J connectivity index is 2.62. The van der Waals surface area contributed by atoms with E-state index in [0.717, 1.165) is 22.3 Å². The third kappa shape index (κ3) is 2.57. The number of benzene rings is 1. The molecule has 1 aromatic heterocycles. The van der Waals surface area contributed by atoms with Crippen molar-refractivity contribution in [1.82, 2.24) is 4.98 Å². The topological polar surface area (TPSA) is 59.4 Å². The molecule has 0 atom stereocenters. The summed E-state index contributed by atoms with van der Waals surface area (Å²) in [6.45, 7) is 4.01. The van der Waals surface area contributed by atoms with Crippen LogP contribution in [0.3, 0.4) is 0 Å². The second-order valence-electron chi connectivity index (χ2n) is 4.39. The summed E-state index contributed by atoms with van der Waals surface area (Å²) in [6, 6.07) is 7.54. The first-order valence-electron chi connectivity index (χ1n) is 5.88. The minimum absolute atomic E-state index is 0.0223. The maximum absolute atomic E-state index is 10.9. The van der Waals surface area contributed by atoms with Crippen LogP contribution in [0.2, 0.25) is 0 Å². The van der Waals surface area contributed by atoms with Crippen LogP contribution < -0.4 is 4.74 Å². The lowest BCUT2D eigenvalue weighted by Crippen LogP contribution is -2.02. The molecular formula is C15H15NO3. The van der Waals surface area contributed by atoms with Crippen LogP contribution in [0.5, 0.6) is 5.75 Å². The summed E-state index contributed by atoms with van der Waals surface area (Å²) < 4.78 is 5.28. The fourth-order valence-corrected chi connectivity index (χ4v) is 1.95. The van der Waals surface area contributed by atoms with Crippen molar-refractivity contribution >= 4 is 5.97 Å². The fourth-order valence-electron chi connectivity index (χ4n) is 1.95. The molecule has 0 bridgehead atoms. The first-order valence-corrected chi connectivity index (χ1v) is 5.88. The van der Waals surface area contributed by atoms with Crippen molar-refractivity contribution in [3.8, 4) is 16.9 Å². The highest BCUT2D eigenvalue weighted by Crippen LogP contribution is 2.32. The Bertz CT molecular complexity index is 635. The van der Waals surface area contributed by atoms with Gasteiger partial charge in [-0.3, -0.25) is 0 Å². The third-order valence-corrected chi connectivity index (χ3v) is 2.99. The van der Waals surface area contributed by atoms with Crippen LogP contribution in [0, 0.1) is 13.8 Å². The van der Waals surface area contributed by atoms with Gasteiger partial charge in [0.15, 0.2) is 5.69 Å². The number of aryl methyl sites for hydroxylation is 2. The van der Waals surface area contributed by atoms with E-state index in [4.69, 9.17) is 9.84 Å². The Morgan fingerprint density at radius 3 is 2.58 bits per heavy atom. The molecular weight excluding hydrogens is 242 g/mol. The van der Waals surface area contributed by atoms with Gasteiger partial charge >= 0.3 is 5.97 Å². The number of nitrogens with zero attached hydrogens (tertiary/aromatic N) is 1. The van der Waals surface area contributed by atoms with Crippen LogP contribution in [-0.4, -0.2) is 23.2 Å². The van der Waals surface area contributed by atoms with Crippen molar-refractivity contribution in [2.24, 2.45) is 0 Å². The summed E-state index contributed by atoms with van der Waals surface area (Å²) >= 11 is 0. The van der Waals surface area contributed by atoms with Crippen LogP contribution in [-0.2, 0) is 0 Å². The van der Waals surface area contributed by atoms with Crippen molar-refractivity contribution in [3.63, 3.8) is 0 Å². The zero-order valence-corrected chi connectivity index (χ0v) is 11.1. The molecule has 1 N–H and O–H groups in total. The Kier molecular flexibility index (Phi) is 3.51. The molecule has 0 aliphatic carbocycles. The van der Waals surface area contributed by atoms with Crippen molar-refractivity contribution in [2.75, 3.05) is 7.11 Å². The average molecular weight is 257 g/mol. The number of carboxylic acid groups (broad SMARTS) is 1. The molecule has 0 aliphatic heterocycles. The van der Waals surface area contributed by atoms with E-state index in [0.29, 0.717) is 5.75 Å². The van der Waals surface area contributed by atoms with E-state index < -0.39 is 5.97 Å². The van der Waals surface area contributed by atoms with Gasteiger partial charge in [-0.15, -0.1) is 0 Å². The Morgan fingerprint density at radius 2 is 1.95 bits per heavy atom. The van der Waals surface area contributed by atoms with E-state index in [1.54, 1.807) is 6.20 Å². The molecule has 0 saturated heterocycles. The van der Waals surface area contributed by atoms with Crippen molar-refractivity contribution < 1.29 is 14.6 Å². The van der Waals surface area contributed by atoms with Crippen LogP contribution in [0.25, 0.3) is 11.1 Å². The van der Waals surface area contributed by atoms with Gasteiger partial charge in [-0.25, -0.2) is 9.78 Å². The molecule has 0 saturated carbocycles. The van der Waals surface area contributed by atoms with E-state index in [2.05, 4.69) is 4.98 Å². The number of hydrogen-bond donors (Lipinski definition) is 1. The van der Waals surface area contributed by atoms with E-state index in [1.807, 2.05) is 32.0 Å². The predicted molar refractivity (Wildman–Crippen MR) is 72.7 cm³/mol. The zero-order valence-electron chi connectivity index (χ0n) is 11.1. The fraction of sp³-hybridized carbons (Fsp3) is 0.200. The number of hydrogen-bond acceptors (Lipinski definition) is 3. The second kappa shape index (κ2) is 5.10. The van der Waals surface area contributed by atoms with Gasteiger partial charge < -0.3 is 9.84 Å². The van der Waals surface area contributed by atoms with Crippen molar-refractivity contribution in [3.05, 3.63) is 47.3 Å². The smallest absolute Gasteiger partial charge is 0.354 e. The lowest BCUT2D eigenvalue weighted by Gasteiger charge is -2.12. The summed E-state index contributed by atoms with van der Waals surface area (Å²) in [6.07, 6.45) is 1.55. The van der Waals surface area contributed by atoms with Crippen LogP contribution >= 0.6 is 0 Å². The molecule has 0 aliphatic rings. The molecule has 4 heteroatoms. The number of ether oxygens (including phenoxy) is 1. The minimum atomic E-state index is -1.06. The zero-order chi connectivity index (χ0) is 14.0. The number of rotatable bonds is 3. The lowest BCUT2D eigenvalue weighted by molar-refractivity contribution is 0.0690. The second-order valence-corrected chi connectivity index (χ2v) is 4.39. The number of carboxylic acids is 1. The maximum atomic E-state index is 10.9. The molecule has 1 heterocycles. The SMILES string of the molecule is COc1cc(C(=O)O)ncc1-c1cc(C)ccc1C. The van der Waals surface area contributed by atoms with E-state index >= 15 is 0 Å². The summed E-state index contributed by atoms with van der Waals surface area (Å²) in [5.41, 5.74) is 4.00. The molecule has 0 radical (unpaired) electrons. The molecule has 0 fully saturated rings. The Labute approximate surface area is 111 Å². The molecule has 19 heavy (non-hydrogen) atoms. The summed E-state index contributed by atoms with van der Waals surface area (Å²) in [5, 5.41) is 8.95. The number of methoxy groups -OCH3 is 1. The van der Waals surface area contributed by atoms with Crippen LogP contribution in [0.1, 0.15) is 21.6 Å². The highest BCUT2D eigenvalue weighted by molar-refractivity contribution is 5.87. The largest absolute Gasteiger partial charge is 0.496 e. The van der Waals surface area contributed by atoms with Gasteiger partial charge in [-0.2, -0.15) is 0 Å². The van der Waals surface area contributed by atoms with Gasteiger partial charge in [0.2, 0.25) is 0 Å². The molecule has 0 amide bonds. The van der Waals surface area contributed by atoms with E-state index in [-0.39, 0.29) is 5.69 Å². The minimum Gasteiger partial charge on any atom is -0.496 e. The molecule has 0 spiro atoms. The number of pyridine rings is 1. The quantitative estimate of drug-likeness (QED) is 0.918. The molecule has 1 aromatic carbocycles. The monoisotopic (exact) mass is 257 g/mol. The molecule has 98 valence electrons. The molecule has 2 rings (SSSR count). The van der Waals surface area contributed by atoms with Gasteiger partial charge in [-0.1, -0.05) is 23.8 Å². The van der Waals surface area contributed by atoms with Crippen LogP contribution in [0.15, 0.2) is 30.5 Å². The van der Waals surface area contributed by atoms with Gasteiger partial charge in [0.05, 0.1) is 7.11 Å². The average Bonchev–Trinajstić information content (AvgIpc) is 2.40. The number of aromatic carboxylic acids is 1. The Morgan fingerprint density at radius 1 is 1.21 bits per heavy atom. The molecule has 2 aromatic rings. The van der Waals surface area contributed by atoms with Gasteiger partial charge in [0, 0.05) is 17.8 Å². The Hall–Kier alpha value is -2.36. The first kappa shape index (κ1) is 13.1. The molecule has 4 nitrogen and oxygen atoms in total. The standard InChI is InChI=1S/C15H15NO3/c1-9-4-5-10(2)11(6-9)12-8-16-13(15(17)18)7-14(12)19-3/h4-8H,1-3H3,(H,17,18). The van der Waals surface area contributed by atoms with Gasteiger partial charge in [0.1, 0.15) is 5.75 Å². The predicted octanol–water partition coefficient (Wildman–Crippen LogP) is 3.07. The lowest BCUT2D eigenvalue weighted by atomic mass is 9.99. The van der Waals surface area contributed by atoms with Gasteiger partial charge in [-0.05, 0) is 25.0 Å². The van der Waals surface area contributed by atoms with E-state index in [9.17, 15) is 4.79 Å². The van der Waals surface area contributed by atoms with Crippen molar-refractivity contribution in [1.29, 1.82) is 0 Å². The maximum Gasteiger partial charge on any atom is 0.354 e. The molecule has 0 unspecified atom stereocenters. The summed E-state index contributed by atoms with van der Waals surface area (Å²) in [5.74, 6) is -0.549. The van der Waals surface area contributed by atoms with Crippen molar-refractivity contribution in [2.45, 2.75) is 13.8 Å². The highest BCUT2D eigenvalue weighted by atomic mass is 16.5. The highest BCUT2D eigenvalue weighted by Gasteiger charge is 2.13. The first-order chi connectivity index (χ1) is 9.02. The third-order valence-electron chi connectivity index (χ3n) is 2.99.